The van der Waals surface area contributed by atoms with Gasteiger partial charge in [-0.25, -0.2) is 4.98 Å². The summed E-state index contributed by atoms with van der Waals surface area (Å²) >= 11 is 1.60. The van der Waals surface area contributed by atoms with Gasteiger partial charge in [-0.2, -0.15) is 5.10 Å². The zero-order valence-electron chi connectivity index (χ0n) is 12.5. The van der Waals surface area contributed by atoms with E-state index >= 15 is 0 Å². The Morgan fingerprint density at radius 2 is 2.33 bits per heavy atom. The summed E-state index contributed by atoms with van der Waals surface area (Å²) in [5.74, 6) is 0.175. The summed E-state index contributed by atoms with van der Waals surface area (Å²) in [6.45, 7) is 5.61. The number of piperidine rings is 1. The number of aromatic nitrogens is 3. The highest BCUT2D eigenvalue weighted by atomic mass is 32.1. The molecule has 2 aromatic heterocycles. The average molecular weight is 304 g/mol. The van der Waals surface area contributed by atoms with Crippen molar-refractivity contribution in [3.05, 3.63) is 34.0 Å². The maximum Gasteiger partial charge on any atom is 0.228 e. The Kier molecular flexibility index (Phi) is 4.05. The summed E-state index contributed by atoms with van der Waals surface area (Å²) in [5.41, 5.74) is 2.05. The quantitative estimate of drug-likeness (QED) is 0.874. The van der Waals surface area contributed by atoms with E-state index in [0.29, 0.717) is 12.5 Å². The molecule has 5 nitrogen and oxygen atoms in total. The topological polar surface area (TPSA) is 51.0 Å². The van der Waals surface area contributed by atoms with E-state index in [2.05, 4.69) is 16.3 Å². The van der Waals surface area contributed by atoms with Crippen LogP contribution in [0, 0.1) is 13.8 Å². The van der Waals surface area contributed by atoms with E-state index in [1.54, 1.807) is 11.3 Å². The number of carbonyl (C=O) groups excluding carboxylic acids is 1. The fraction of sp³-hybridized carbons (Fsp3) is 0.533. The SMILES string of the molecule is Cc1cnn([C@@H]2CCCN(C(=O)Cc3csc(C)n3)C2)c1. The highest BCUT2D eigenvalue weighted by Crippen LogP contribution is 2.22. The monoisotopic (exact) mass is 304 g/mol. The van der Waals surface area contributed by atoms with E-state index in [0.717, 1.165) is 42.2 Å². The molecule has 1 atom stereocenters. The van der Waals surface area contributed by atoms with Crippen LogP contribution in [0.3, 0.4) is 0 Å². The standard InChI is InChI=1S/C15H20N4OS/c1-11-7-16-19(8-11)14-4-3-5-18(9-14)15(20)6-13-10-21-12(2)17-13/h7-8,10,14H,3-6,9H2,1-2H3/t14-/m1/s1. The molecule has 1 fully saturated rings. The molecular formula is C15H20N4OS. The van der Waals surface area contributed by atoms with Crippen molar-refractivity contribution >= 4 is 17.2 Å². The molecule has 0 spiro atoms. The van der Waals surface area contributed by atoms with Crippen molar-refractivity contribution in [3.8, 4) is 0 Å². The van der Waals surface area contributed by atoms with Gasteiger partial charge in [-0.05, 0) is 32.3 Å². The van der Waals surface area contributed by atoms with Crippen molar-refractivity contribution < 1.29 is 4.79 Å². The molecule has 112 valence electrons. The predicted octanol–water partition coefficient (Wildman–Crippen LogP) is 2.36. The predicted molar refractivity (Wildman–Crippen MR) is 82.4 cm³/mol. The van der Waals surface area contributed by atoms with Gasteiger partial charge in [-0.1, -0.05) is 0 Å². The Bertz CT molecular complexity index is 633. The van der Waals surface area contributed by atoms with Crippen LogP contribution in [0.2, 0.25) is 0 Å². The number of hydrogen-bond acceptors (Lipinski definition) is 4. The molecule has 0 radical (unpaired) electrons. The second kappa shape index (κ2) is 5.97. The molecule has 0 unspecified atom stereocenters. The molecule has 21 heavy (non-hydrogen) atoms. The molecule has 0 aromatic carbocycles. The van der Waals surface area contributed by atoms with Gasteiger partial charge in [0.25, 0.3) is 0 Å². The zero-order chi connectivity index (χ0) is 14.8. The van der Waals surface area contributed by atoms with Crippen LogP contribution >= 0.6 is 11.3 Å². The number of hydrogen-bond donors (Lipinski definition) is 0. The van der Waals surface area contributed by atoms with E-state index in [4.69, 9.17) is 0 Å². The number of rotatable bonds is 3. The van der Waals surface area contributed by atoms with Gasteiger partial charge in [0.2, 0.25) is 5.91 Å². The number of amides is 1. The first-order valence-corrected chi connectivity index (χ1v) is 8.19. The van der Waals surface area contributed by atoms with Crippen molar-refractivity contribution in [3.63, 3.8) is 0 Å². The van der Waals surface area contributed by atoms with Gasteiger partial charge in [0.05, 0.1) is 29.4 Å². The number of aryl methyl sites for hydroxylation is 2. The van der Waals surface area contributed by atoms with Crippen molar-refractivity contribution in [1.29, 1.82) is 0 Å². The zero-order valence-corrected chi connectivity index (χ0v) is 13.3. The fourth-order valence-electron chi connectivity index (χ4n) is 2.79. The smallest absolute Gasteiger partial charge is 0.228 e. The fourth-order valence-corrected chi connectivity index (χ4v) is 3.40. The molecule has 6 heteroatoms. The third-order valence-corrected chi connectivity index (χ3v) is 4.68. The minimum atomic E-state index is 0.175. The summed E-state index contributed by atoms with van der Waals surface area (Å²) in [6, 6.07) is 0.300. The highest BCUT2D eigenvalue weighted by Gasteiger charge is 2.25. The molecule has 1 aliphatic rings. The van der Waals surface area contributed by atoms with Crippen molar-refractivity contribution in [2.45, 2.75) is 39.2 Å². The maximum absolute atomic E-state index is 12.4. The first-order chi connectivity index (χ1) is 10.1. The lowest BCUT2D eigenvalue weighted by atomic mass is 10.1. The van der Waals surface area contributed by atoms with E-state index in [1.165, 1.54) is 0 Å². The number of thiazole rings is 1. The van der Waals surface area contributed by atoms with Gasteiger partial charge < -0.3 is 4.90 Å². The molecule has 3 heterocycles. The number of likely N-dealkylation sites (tertiary alicyclic amines) is 1. The highest BCUT2D eigenvalue weighted by molar-refractivity contribution is 7.09. The Morgan fingerprint density at radius 3 is 3.00 bits per heavy atom. The van der Waals surface area contributed by atoms with E-state index in [-0.39, 0.29) is 5.91 Å². The number of nitrogens with zero attached hydrogens (tertiary/aromatic N) is 4. The summed E-state index contributed by atoms with van der Waals surface area (Å²) in [7, 11) is 0. The third kappa shape index (κ3) is 3.32. The van der Waals surface area contributed by atoms with Crippen LogP contribution in [0.15, 0.2) is 17.8 Å². The molecule has 0 aliphatic carbocycles. The first-order valence-electron chi connectivity index (χ1n) is 7.31. The van der Waals surface area contributed by atoms with Crippen molar-refractivity contribution in [1.82, 2.24) is 19.7 Å². The van der Waals surface area contributed by atoms with Gasteiger partial charge in [0, 0.05) is 24.7 Å². The van der Waals surface area contributed by atoms with Gasteiger partial charge in [-0.3, -0.25) is 9.48 Å². The van der Waals surface area contributed by atoms with Gasteiger partial charge in [0.1, 0.15) is 0 Å². The van der Waals surface area contributed by atoms with E-state index in [9.17, 15) is 4.79 Å². The van der Waals surface area contributed by atoms with Crippen LogP contribution in [0.25, 0.3) is 0 Å². The van der Waals surface area contributed by atoms with Gasteiger partial charge in [0.15, 0.2) is 0 Å². The average Bonchev–Trinajstić information content (AvgIpc) is 3.08. The lowest BCUT2D eigenvalue weighted by molar-refractivity contribution is -0.132. The molecule has 1 amide bonds. The minimum absolute atomic E-state index is 0.175. The molecule has 0 bridgehead atoms. The molecule has 0 saturated carbocycles. The lowest BCUT2D eigenvalue weighted by Crippen LogP contribution is -2.41. The largest absolute Gasteiger partial charge is 0.340 e. The summed E-state index contributed by atoms with van der Waals surface area (Å²) in [6.07, 6.45) is 6.46. The van der Waals surface area contributed by atoms with Crippen molar-refractivity contribution in [2.75, 3.05) is 13.1 Å². The molecule has 1 saturated heterocycles. The Hall–Kier alpha value is -1.69. The van der Waals surface area contributed by atoms with Crippen LogP contribution < -0.4 is 0 Å². The van der Waals surface area contributed by atoms with Crippen LogP contribution in [-0.4, -0.2) is 38.7 Å². The second-order valence-corrected chi connectivity index (χ2v) is 6.73. The summed E-state index contributed by atoms with van der Waals surface area (Å²) in [4.78, 5) is 18.8. The van der Waals surface area contributed by atoms with Crippen LogP contribution in [0.1, 0.15) is 35.1 Å². The second-order valence-electron chi connectivity index (χ2n) is 5.67. The van der Waals surface area contributed by atoms with Crippen molar-refractivity contribution in [2.24, 2.45) is 0 Å². The maximum atomic E-state index is 12.4. The third-order valence-electron chi connectivity index (χ3n) is 3.85. The Balaban J connectivity index is 1.64. The van der Waals surface area contributed by atoms with E-state index < -0.39 is 0 Å². The first kappa shape index (κ1) is 14.3. The normalized spacial score (nSPS) is 19.0. The van der Waals surface area contributed by atoms with Gasteiger partial charge >= 0.3 is 0 Å². The van der Waals surface area contributed by atoms with Crippen LogP contribution in [0.5, 0.6) is 0 Å². The van der Waals surface area contributed by atoms with Crippen LogP contribution in [-0.2, 0) is 11.2 Å². The molecule has 2 aromatic rings. The summed E-state index contributed by atoms with van der Waals surface area (Å²) < 4.78 is 2.00. The lowest BCUT2D eigenvalue weighted by Gasteiger charge is -2.32. The number of carbonyl (C=O) groups is 1. The van der Waals surface area contributed by atoms with Gasteiger partial charge in [-0.15, -0.1) is 11.3 Å². The summed E-state index contributed by atoms with van der Waals surface area (Å²) in [5, 5.41) is 7.38. The molecule has 1 aliphatic heterocycles. The Morgan fingerprint density at radius 1 is 1.48 bits per heavy atom. The minimum Gasteiger partial charge on any atom is -0.340 e. The van der Waals surface area contributed by atoms with Crippen LogP contribution in [0.4, 0.5) is 0 Å². The molecular weight excluding hydrogens is 284 g/mol. The Labute approximate surface area is 128 Å². The molecule has 3 rings (SSSR count). The molecule has 0 N–H and O–H groups in total. The van der Waals surface area contributed by atoms with E-state index in [1.807, 2.05) is 35.0 Å².